The van der Waals surface area contributed by atoms with E-state index in [1.807, 2.05) is 6.20 Å². The van der Waals surface area contributed by atoms with Crippen molar-refractivity contribution >= 4 is 10.9 Å². The molecule has 0 aliphatic heterocycles. The van der Waals surface area contributed by atoms with Crippen molar-refractivity contribution in [1.82, 2.24) is 4.98 Å². The molecule has 19 heavy (non-hydrogen) atoms. The summed E-state index contributed by atoms with van der Waals surface area (Å²) in [4.78, 5) is 3.07. The van der Waals surface area contributed by atoms with Crippen LogP contribution in [0.5, 0.6) is 0 Å². The Morgan fingerprint density at radius 2 is 1.89 bits per heavy atom. The van der Waals surface area contributed by atoms with E-state index in [4.69, 9.17) is 0 Å². The highest BCUT2D eigenvalue weighted by Crippen LogP contribution is 2.36. The molecule has 0 aliphatic carbocycles. The van der Waals surface area contributed by atoms with Gasteiger partial charge in [-0.05, 0) is 42.0 Å². The minimum atomic E-state index is -4.29. The first-order valence-electron chi connectivity index (χ1n) is 6.52. The van der Waals surface area contributed by atoms with Gasteiger partial charge in [0.15, 0.2) is 0 Å². The molecule has 0 aliphatic rings. The summed E-state index contributed by atoms with van der Waals surface area (Å²) in [6.45, 7) is 6.26. The van der Waals surface area contributed by atoms with Gasteiger partial charge in [0.05, 0.1) is 5.56 Å². The predicted molar refractivity (Wildman–Crippen MR) is 71.2 cm³/mol. The molecule has 0 radical (unpaired) electrons. The molecule has 0 spiro atoms. The summed E-state index contributed by atoms with van der Waals surface area (Å²) in [5, 5.41) is 0.690. The number of hydrogen-bond acceptors (Lipinski definition) is 0. The van der Waals surface area contributed by atoms with Crippen LogP contribution in [0.25, 0.3) is 10.9 Å². The van der Waals surface area contributed by atoms with Crippen LogP contribution in [0.4, 0.5) is 13.2 Å². The Hall–Kier alpha value is -1.45. The summed E-state index contributed by atoms with van der Waals surface area (Å²) < 4.78 is 38.4. The van der Waals surface area contributed by atoms with Crippen LogP contribution in [-0.4, -0.2) is 4.98 Å². The van der Waals surface area contributed by atoms with E-state index in [1.165, 1.54) is 12.1 Å². The number of rotatable bonds is 3. The lowest BCUT2D eigenvalue weighted by Gasteiger charge is -2.18. The lowest BCUT2D eigenvalue weighted by atomic mass is 9.86. The highest BCUT2D eigenvalue weighted by Gasteiger charge is 2.31. The number of H-pyrrole nitrogens is 1. The van der Waals surface area contributed by atoms with Crippen LogP contribution in [0.3, 0.4) is 0 Å². The fraction of sp³-hybridized carbons (Fsp3) is 0.467. The molecule has 0 saturated carbocycles. The minimum absolute atomic E-state index is 0.275. The van der Waals surface area contributed by atoms with Gasteiger partial charge in [-0.2, -0.15) is 13.2 Å². The Morgan fingerprint density at radius 3 is 2.42 bits per heavy atom. The highest BCUT2D eigenvalue weighted by molar-refractivity contribution is 5.84. The summed E-state index contributed by atoms with van der Waals surface area (Å²) in [5.41, 5.74) is 1.17. The maximum Gasteiger partial charge on any atom is 0.416 e. The number of aromatic amines is 1. The van der Waals surface area contributed by atoms with Gasteiger partial charge in [-0.3, -0.25) is 0 Å². The number of alkyl halides is 3. The second kappa shape index (κ2) is 4.91. The summed E-state index contributed by atoms with van der Waals surface area (Å²) >= 11 is 0. The van der Waals surface area contributed by atoms with Gasteiger partial charge < -0.3 is 4.98 Å². The average molecular weight is 269 g/mol. The highest BCUT2D eigenvalue weighted by atomic mass is 19.4. The van der Waals surface area contributed by atoms with Crippen LogP contribution in [-0.2, 0) is 6.18 Å². The van der Waals surface area contributed by atoms with E-state index in [0.29, 0.717) is 11.3 Å². The van der Waals surface area contributed by atoms with Crippen LogP contribution >= 0.6 is 0 Å². The molecule has 1 aromatic heterocycles. The van der Waals surface area contributed by atoms with Crippen molar-refractivity contribution in [1.29, 1.82) is 0 Å². The van der Waals surface area contributed by atoms with E-state index >= 15 is 0 Å². The van der Waals surface area contributed by atoms with Gasteiger partial charge in [0.25, 0.3) is 0 Å². The molecule has 1 nitrogen and oxygen atoms in total. The Kier molecular flexibility index (Phi) is 3.61. The maximum absolute atomic E-state index is 12.8. The first-order valence-corrected chi connectivity index (χ1v) is 6.52. The first-order chi connectivity index (χ1) is 8.84. The van der Waals surface area contributed by atoms with Crippen molar-refractivity contribution in [3.63, 3.8) is 0 Å². The molecule has 1 unspecified atom stereocenters. The third-order valence-corrected chi connectivity index (χ3v) is 3.69. The van der Waals surface area contributed by atoms with E-state index in [-0.39, 0.29) is 5.92 Å². The number of fused-ring (bicyclic) bond motifs is 1. The summed E-state index contributed by atoms with van der Waals surface area (Å²) in [7, 11) is 0. The first kappa shape index (κ1) is 14.0. The van der Waals surface area contributed by atoms with Gasteiger partial charge in [0.1, 0.15) is 0 Å². The quantitative estimate of drug-likeness (QED) is 0.774. The van der Waals surface area contributed by atoms with E-state index in [0.717, 1.165) is 23.6 Å². The summed E-state index contributed by atoms with van der Waals surface area (Å²) in [6, 6.07) is 3.89. The van der Waals surface area contributed by atoms with E-state index in [9.17, 15) is 13.2 Å². The topological polar surface area (TPSA) is 15.8 Å². The summed E-state index contributed by atoms with van der Waals surface area (Å²) in [5.74, 6) is 0.677. The largest absolute Gasteiger partial charge is 0.416 e. The number of aromatic nitrogens is 1. The standard InChI is InChI=1S/C15H18F3N/c1-4-11(9(2)3)13-8-19-14-6-5-10(7-12(13)14)15(16,17)18/h5-9,11,19H,4H2,1-3H3. The zero-order chi connectivity index (χ0) is 14.2. The molecule has 0 saturated heterocycles. The number of halogens is 3. The molecule has 4 heteroatoms. The predicted octanol–water partition coefficient (Wildman–Crippen LogP) is 5.34. The summed E-state index contributed by atoms with van der Waals surface area (Å²) in [6.07, 6.45) is -1.53. The van der Waals surface area contributed by atoms with Crippen LogP contribution in [0.15, 0.2) is 24.4 Å². The average Bonchev–Trinajstić information content (AvgIpc) is 2.72. The van der Waals surface area contributed by atoms with Gasteiger partial charge in [-0.25, -0.2) is 0 Å². The molecule has 2 rings (SSSR count). The van der Waals surface area contributed by atoms with Crippen molar-refractivity contribution in [2.45, 2.75) is 39.3 Å². The minimum Gasteiger partial charge on any atom is -0.361 e. The van der Waals surface area contributed by atoms with Gasteiger partial charge in [0, 0.05) is 17.1 Å². The van der Waals surface area contributed by atoms with Crippen LogP contribution in [0.2, 0.25) is 0 Å². The van der Waals surface area contributed by atoms with E-state index < -0.39 is 11.7 Å². The van der Waals surface area contributed by atoms with Crippen LogP contribution in [0, 0.1) is 5.92 Å². The molecular weight excluding hydrogens is 251 g/mol. The van der Waals surface area contributed by atoms with Crippen LogP contribution in [0.1, 0.15) is 44.2 Å². The molecule has 0 fully saturated rings. The molecule has 1 heterocycles. The second-order valence-electron chi connectivity index (χ2n) is 5.26. The second-order valence-corrected chi connectivity index (χ2v) is 5.26. The monoisotopic (exact) mass is 269 g/mol. The van der Waals surface area contributed by atoms with Crippen molar-refractivity contribution in [3.8, 4) is 0 Å². The van der Waals surface area contributed by atoms with Gasteiger partial charge in [-0.15, -0.1) is 0 Å². The SMILES string of the molecule is CCC(c1c[nH]c2ccc(C(F)(F)F)cc12)C(C)C. The van der Waals surface area contributed by atoms with Crippen LogP contribution < -0.4 is 0 Å². The molecule has 104 valence electrons. The number of nitrogens with one attached hydrogen (secondary N) is 1. The Labute approximate surface area is 110 Å². The molecule has 2 aromatic rings. The maximum atomic E-state index is 12.8. The molecule has 1 aromatic carbocycles. The lowest BCUT2D eigenvalue weighted by Crippen LogP contribution is -2.06. The third kappa shape index (κ3) is 2.62. The van der Waals surface area contributed by atoms with Crippen molar-refractivity contribution in [3.05, 3.63) is 35.5 Å². The smallest absolute Gasteiger partial charge is 0.361 e. The molecule has 1 atom stereocenters. The Balaban J connectivity index is 2.57. The van der Waals surface area contributed by atoms with E-state index in [2.05, 4.69) is 25.8 Å². The number of hydrogen-bond donors (Lipinski definition) is 1. The molecule has 0 amide bonds. The number of benzene rings is 1. The lowest BCUT2D eigenvalue weighted by molar-refractivity contribution is -0.137. The zero-order valence-electron chi connectivity index (χ0n) is 11.3. The van der Waals surface area contributed by atoms with Crippen molar-refractivity contribution in [2.24, 2.45) is 5.92 Å². The third-order valence-electron chi connectivity index (χ3n) is 3.69. The van der Waals surface area contributed by atoms with E-state index in [1.54, 1.807) is 0 Å². The molecular formula is C15H18F3N. The zero-order valence-corrected chi connectivity index (χ0v) is 11.3. The molecule has 1 N–H and O–H groups in total. The van der Waals surface area contributed by atoms with Crippen molar-refractivity contribution in [2.75, 3.05) is 0 Å². The van der Waals surface area contributed by atoms with Gasteiger partial charge in [-0.1, -0.05) is 20.8 Å². The molecule has 0 bridgehead atoms. The fourth-order valence-electron chi connectivity index (χ4n) is 2.68. The Bertz CT molecular complexity index is 566. The fourth-order valence-corrected chi connectivity index (χ4v) is 2.68. The van der Waals surface area contributed by atoms with Gasteiger partial charge >= 0.3 is 6.18 Å². The van der Waals surface area contributed by atoms with Gasteiger partial charge in [0.2, 0.25) is 0 Å². The van der Waals surface area contributed by atoms with Crippen molar-refractivity contribution < 1.29 is 13.2 Å². The Morgan fingerprint density at radius 1 is 1.21 bits per heavy atom. The normalized spacial score (nSPS) is 14.3.